The highest BCUT2D eigenvalue weighted by Crippen LogP contribution is 2.28. The smallest absolute Gasteiger partial charge is 0.343 e. The summed E-state index contributed by atoms with van der Waals surface area (Å²) in [5.74, 6) is 0.309. The Morgan fingerprint density at radius 2 is 1.73 bits per heavy atom. The number of nitrogens with zero attached hydrogens (tertiary/aromatic N) is 1. The Balaban J connectivity index is 1.57. The topological polar surface area (TPSA) is 86.2 Å². The van der Waals surface area contributed by atoms with Crippen molar-refractivity contribution in [3.8, 4) is 17.2 Å². The van der Waals surface area contributed by atoms with Gasteiger partial charge in [0.1, 0.15) is 5.75 Å². The number of halogens is 1. The summed E-state index contributed by atoms with van der Waals surface area (Å²) < 4.78 is 16.3. The molecule has 0 aliphatic carbocycles. The van der Waals surface area contributed by atoms with E-state index in [-0.39, 0.29) is 12.4 Å². The van der Waals surface area contributed by atoms with Crippen molar-refractivity contribution in [3.05, 3.63) is 87.9 Å². The molecule has 0 spiro atoms. The van der Waals surface area contributed by atoms with Crippen LogP contribution in [0.2, 0.25) is 5.02 Å². The zero-order valence-corrected chi connectivity index (χ0v) is 19.2. The number of ether oxygens (including phenoxy) is 3. The summed E-state index contributed by atoms with van der Waals surface area (Å²) in [5, 5.41) is 4.46. The number of esters is 1. The number of amides is 1. The molecular formula is C25H23ClN2O5. The van der Waals surface area contributed by atoms with Gasteiger partial charge in [0.05, 0.1) is 18.9 Å². The van der Waals surface area contributed by atoms with E-state index in [1.54, 1.807) is 42.5 Å². The van der Waals surface area contributed by atoms with Gasteiger partial charge in [-0.25, -0.2) is 10.2 Å². The van der Waals surface area contributed by atoms with Crippen LogP contribution in [0, 0.1) is 13.8 Å². The van der Waals surface area contributed by atoms with E-state index in [0.29, 0.717) is 27.6 Å². The second-order valence-electron chi connectivity index (χ2n) is 7.16. The third-order valence-corrected chi connectivity index (χ3v) is 4.83. The fraction of sp³-hybridized carbons (Fsp3) is 0.160. The summed E-state index contributed by atoms with van der Waals surface area (Å²) >= 11 is 5.84. The molecular weight excluding hydrogens is 444 g/mol. The van der Waals surface area contributed by atoms with Crippen molar-refractivity contribution in [1.29, 1.82) is 0 Å². The van der Waals surface area contributed by atoms with Gasteiger partial charge < -0.3 is 14.2 Å². The second kappa shape index (κ2) is 11.2. The minimum Gasteiger partial charge on any atom is -0.493 e. The molecule has 0 radical (unpaired) electrons. The average molecular weight is 467 g/mol. The van der Waals surface area contributed by atoms with Gasteiger partial charge in [-0.3, -0.25) is 4.79 Å². The van der Waals surface area contributed by atoms with Gasteiger partial charge >= 0.3 is 5.97 Å². The first-order valence-electron chi connectivity index (χ1n) is 10.0. The number of methoxy groups -OCH3 is 1. The molecule has 0 aromatic heterocycles. The molecule has 0 unspecified atom stereocenters. The van der Waals surface area contributed by atoms with E-state index in [4.69, 9.17) is 25.8 Å². The minimum absolute atomic E-state index is 0.162. The second-order valence-corrected chi connectivity index (χ2v) is 7.59. The monoisotopic (exact) mass is 466 g/mol. The third-order valence-electron chi connectivity index (χ3n) is 4.58. The molecule has 0 saturated heterocycles. The molecule has 0 saturated carbocycles. The Bertz CT molecular complexity index is 1180. The first kappa shape index (κ1) is 23.8. The molecule has 3 aromatic rings. The van der Waals surface area contributed by atoms with Gasteiger partial charge in [0, 0.05) is 5.02 Å². The van der Waals surface area contributed by atoms with Gasteiger partial charge in [0.2, 0.25) is 0 Å². The fourth-order valence-electron chi connectivity index (χ4n) is 2.81. The highest BCUT2D eigenvalue weighted by Gasteiger charge is 2.13. The summed E-state index contributed by atoms with van der Waals surface area (Å²) in [6, 6.07) is 17.0. The number of aryl methyl sites for hydroxylation is 2. The molecule has 1 amide bonds. The van der Waals surface area contributed by atoms with Crippen LogP contribution in [0.1, 0.15) is 27.0 Å². The zero-order chi connectivity index (χ0) is 23.8. The highest BCUT2D eigenvalue weighted by molar-refractivity contribution is 6.30. The van der Waals surface area contributed by atoms with Crippen molar-refractivity contribution in [1.82, 2.24) is 5.43 Å². The molecule has 170 valence electrons. The lowest BCUT2D eigenvalue weighted by atomic mass is 10.1. The number of rotatable bonds is 8. The maximum Gasteiger partial charge on any atom is 0.343 e. The SMILES string of the molecule is COc1cc(/C=N\NC(=O)COc2cc(C)ccc2C)ccc1OC(=O)c1ccc(Cl)cc1. The number of carbonyl (C=O) groups is 2. The van der Waals surface area contributed by atoms with E-state index < -0.39 is 11.9 Å². The number of benzene rings is 3. The number of carbonyl (C=O) groups excluding carboxylic acids is 2. The number of hydrogen-bond donors (Lipinski definition) is 1. The van der Waals surface area contributed by atoms with Crippen LogP contribution >= 0.6 is 11.6 Å². The maximum atomic E-state index is 12.3. The van der Waals surface area contributed by atoms with Gasteiger partial charge in [0.25, 0.3) is 5.91 Å². The average Bonchev–Trinajstić information content (AvgIpc) is 2.80. The van der Waals surface area contributed by atoms with E-state index >= 15 is 0 Å². The maximum absolute atomic E-state index is 12.3. The molecule has 0 atom stereocenters. The lowest BCUT2D eigenvalue weighted by Gasteiger charge is -2.10. The van der Waals surface area contributed by atoms with Crippen LogP contribution in [0.5, 0.6) is 17.2 Å². The third kappa shape index (κ3) is 6.82. The van der Waals surface area contributed by atoms with E-state index in [9.17, 15) is 9.59 Å². The van der Waals surface area contributed by atoms with Crippen LogP contribution in [-0.4, -0.2) is 31.8 Å². The predicted molar refractivity (Wildman–Crippen MR) is 127 cm³/mol. The normalized spacial score (nSPS) is 10.7. The molecule has 3 rings (SSSR count). The summed E-state index contributed by atoms with van der Waals surface area (Å²) in [6.07, 6.45) is 1.45. The van der Waals surface area contributed by atoms with E-state index in [0.717, 1.165) is 11.1 Å². The van der Waals surface area contributed by atoms with Crippen LogP contribution in [0.3, 0.4) is 0 Å². The molecule has 0 aliphatic heterocycles. The number of hydrogen-bond acceptors (Lipinski definition) is 6. The lowest BCUT2D eigenvalue weighted by Crippen LogP contribution is -2.24. The Kier molecular flexibility index (Phi) is 8.05. The van der Waals surface area contributed by atoms with Crippen molar-refractivity contribution in [2.24, 2.45) is 5.10 Å². The van der Waals surface area contributed by atoms with Crippen LogP contribution < -0.4 is 19.6 Å². The molecule has 3 aromatic carbocycles. The Labute approximate surface area is 196 Å². The molecule has 0 bridgehead atoms. The summed E-state index contributed by atoms with van der Waals surface area (Å²) in [4.78, 5) is 24.3. The summed E-state index contributed by atoms with van der Waals surface area (Å²) in [7, 11) is 1.46. The molecule has 33 heavy (non-hydrogen) atoms. The van der Waals surface area contributed by atoms with Gasteiger partial charge in [-0.05, 0) is 79.1 Å². The Hall–Kier alpha value is -3.84. The van der Waals surface area contributed by atoms with Crippen molar-refractivity contribution < 1.29 is 23.8 Å². The van der Waals surface area contributed by atoms with Crippen LogP contribution in [0.4, 0.5) is 0 Å². The van der Waals surface area contributed by atoms with Gasteiger partial charge in [-0.1, -0.05) is 23.7 Å². The fourth-order valence-corrected chi connectivity index (χ4v) is 2.94. The molecule has 0 fully saturated rings. The van der Waals surface area contributed by atoms with E-state index in [2.05, 4.69) is 10.5 Å². The van der Waals surface area contributed by atoms with Crippen LogP contribution in [0.15, 0.2) is 65.8 Å². The molecule has 0 heterocycles. The number of hydrazone groups is 1. The van der Waals surface area contributed by atoms with Crippen molar-refractivity contribution in [2.45, 2.75) is 13.8 Å². The molecule has 8 heteroatoms. The number of nitrogens with one attached hydrogen (secondary N) is 1. The van der Waals surface area contributed by atoms with Crippen LogP contribution in [0.25, 0.3) is 0 Å². The van der Waals surface area contributed by atoms with E-state index in [1.165, 1.54) is 13.3 Å². The standard InChI is InChI=1S/C25H23ClN2O5/c1-16-4-5-17(2)22(12-16)32-15-24(29)28-27-14-18-6-11-21(23(13-18)31-3)33-25(30)19-7-9-20(26)10-8-19/h4-14H,15H2,1-3H3,(H,28,29)/b27-14-. The molecule has 0 aliphatic rings. The first-order valence-corrected chi connectivity index (χ1v) is 10.4. The predicted octanol–water partition coefficient (Wildman–Crippen LogP) is 4.71. The molecule has 1 N–H and O–H groups in total. The van der Waals surface area contributed by atoms with Crippen molar-refractivity contribution >= 4 is 29.7 Å². The van der Waals surface area contributed by atoms with Crippen molar-refractivity contribution in [2.75, 3.05) is 13.7 Å². The van der Waals surface area contributed by atoms with Gasteiger partial charge in [-0.2, -0.15) is 5.10 Å². The first-order chi connectivity index (χ1) is 15.9. The summed E-state index contributed by atoms with van der Waals surface area (Å²) in [5.41, 5.74) is 5.40. The van der Waals surface area contributed by atoms with Gasteiger partial charge in [0.15, 0.2) is 18.1 Å². The minimum atomic E-state index is -0.539. The lowest BCUT2D eigenvalue weighted by molar-refractivity contribution is -0.123. The quantitative estimate of drug-likeness (QED) is 0.225. The van der Waals surface area contributed by atoms with Gasteiger partial charge in [-0.15, -0.1) is 0 Å². The Morgan fingerprint density at radius 1 is 0.970 bits per heavy atom. The highest BCUT2D eigenvalue weighted by atomic mass is 35.5. The zero-order valence-electron chi connectivity index (χ0n) is 18.4. The van der Waals surface area contributed by atoms with Crippen molar-refractivity contribution in [3.63, 3.8) is 0 Å². The largest absolute Gasteiger partial charge is 0.493 e. The summed E-state index contributed by atoms with van der Waals surface area (Å²) in [6.45, 7) is 3.70. The molecule has 7 nitrogen and oxygen atoms in total. The van der Waals surface area contributed by atoms with Crippen LogP contribution in [-0.2, 0) is 4.79 Å². The Morgan fingerprint density at radius 3 is 2.45 bits per heavy atom. The van der Waals surface area contributed by atoms with E-state index in [1.807, 2.05) is 32.0 Å².